The van der Waals surface area contributed by atoms with Gasteiger partial charge in [0.15, 0.2) is 11.5 Å². The number of ether oxygens (including phenoxy) is 2. The molecule has 0 aromatic heterocycles. The van der Waals surface area contributed by atoms with Crippen molar-refractivity contribution in [1.82, 2.24) is 0 Å². The fourth-order valence-electron chi connectivity index (χ4n) is 2.45. The zero-order chi connectivity index (χ0) is 19.6. The number of carbonyl (C=O) groups is 1. The average molecular weight is 372 g/mol. The molecular formula is C17H17BN2O7. The summed E-state index contributed by atoms with van der Waals surface area (Å²) in [6.45, 7) is 0. The Morgan fingerprint density at radius 2 is 1.67 bits per heavy atom. The summed E-state index contributed by atoms with van der Waals surface area (Å²) in [5, 5.41) is 39.4. The summed E-state index contributed by atoms with van der Waals surface area (Å²) in [4.78, 5) is 12.3. The number of hydrogen-bond acceptors (Lipinski definition) is 8. The Labute approximate surface area is 154 Å². The van der Waals surface area contributed by atoms with Crippen LogP contribution in [-0.2, 0) is 11.2 Å². The molecule has 1 atom stereocenters. The number of nitrogens with two attached hydrogens (primary N) is 1. The Morgan fingerprint density at radius 1 is 1.04 bits per heavy atom. The molecule has 0 aliphatic carbocycles. The van der Waals surface area contributed by atoms with Crippen molar-refractivity contribution in [3.05, 3.63) is 59.9 Å². The molecule has 7 N–H and O–H groups in total. The van der Waals surface area contributed by atoms with Crippen molar-refractivity contribution in [2.75, 3.05) is 5.32 Å². The van der Waals surface area contributed by atoms with E-state index in [1.807, 2.05) is 0 Å². The molecule has 0 saturated carbocycles. The number of hydrogen-bond donors (Lipinski definition) is 6. The highest BCUT2D eigenvalue weighted by Gasteiger charge is 2.22. The molecule has 3 rings (SSSR count). The zero-order valence-corrected chi connectivity index (χ0v) is 14.0. The monoisotopic (exact) mass is 372 g/mol. The first-order valence-electron chi connectivity index (χ1n) is 7.97. The number of aliphatic hydroxyl groups excluding tert-OH is 2. The lowest BCUT2D eigenvalue weighted by Gasteiger charge is -2.18. The lowest BCUT2D eigenvalue weighted by atomic mass is 9.80. The van der Waals surface area contributed by atoms with E-state index in [0.717, 1.165) is 5.56 Å². The molecule has 1 heterocycles. The van der Waals surface area contributed by atoms with Crippen LogP contribution in [0.3, 0.4) is 0 Å². The van der Waals surface area contributed by atoms with Gasteiger partial charge in [0.05, 0.1) is 6.04 Å². The molecule has 2 aromatic carbocycles. The summed E-state index contributed by atoms with van der Waals surface area (Å²) >= 11 is 0. The molecule has 0 unspecified atom stereocenters. The molecule has 1 aliphatic heterocycles. The van der Waals surface area contributed by atoms with Gasteiger partial charge in [0.25, 0.3) is 0 Å². The van der Waals surface area contributed by atoms with Crippen LogP contribution in [0.4, 0.5) is 5.69 Å². The third-order valence-electron chi connectivity index (χ3n) is 3.88. The normalized spacial score (nSPS) is 13.9. The SMILES string of the molecule is N[C@@H](Cc1ccc(B(O)O)cc1)C(=O)Nc1ccc2c(c1)OC(O)=C(O)O2. The Morgan fingerprint density at radius 3 is 2.30 bits per heavy atom. The molecule has 9 nitrogen and oxygen atoms in total. The predicted molar refractivity (Wildman–Crippen MR) is 96.6 cm³/mol. The van der Waals surface area contributed by atoms with Crippen LogP contribution in [0.2, 0.25) is 0 Å². The molecule has 27 heavy (non-hydrogen) atoms. The summed E-state index contributed by atoms with van der Waals surface area (Å²) < 4.78 is 9.93. The van der Waals surface area contributed by atoms with E-state index < -0.39 is 31.0 Å². The number of fused-ring (bicyclic) bond motifs is 1. The van der Waals surface area contributed by atoms with E-state index in [0.29, 0.717) is 11.2 Å². The Kier molecular flexibility index (Phi) is 5.22. The van der Waals surface area contributed by atoms with Crippen molar-refractivity contribution < 1.29 is 34.5 Å². The summed E-state index contributed by atoms with van der Waals surface area (Å²) in [6.07, 6.45) is 0.246. The highest BCUT2D eigenvalue weighted by Crippen LogP contribution is 2.36. The van der Waals surface area contributed by atoms with Crippen molar-refractivity contribution >= 4 is 24.2 Å². The van der Waals surface area contributed by atoms with Crippen LogP contribution in [0.25, 0.3) is 0 Å². The third-order valence-corrected chi connectivity index (χ3v) is 3.88. The maximum absolute atomic E-state index is 12.3. The van der Waals surface area contributed by atoms with E-state index >= 15 is 0 Å². The van der Waals surface area contributed by atoms with E-state index in [1.54, 1.807) is 24.3 Å². The van der Waals surface area contributed by atoms with Gasteiger partial charge in [0.2, 0.25) is 5.91 Å². The van der Waals surface area contributed by atoms with Gasteiger partial charge in [-0.3, -0.25) is 4.79 Å². The van der Waals surface area contributed by atoms with Crippen LogP contribution in [0.15, 0.2) is 54.4 Å². The van der Waals surface area contributed by atoms with Gasteiger partial charge in [0, 0.05) is 11.8 Å². The van der Waals surface area contributed by atoms with E-state index in [4.69, 9.17) is 25.3 Å². The number of carbonyl (C=O) groups excluding carboxylic acids is 1. The predicted octanol–water partition coefficient (Wildman–Crippen LogP) is -0.111. The number of rotatable bonds is 5. The van der Waals surface area contributed by atoms with Crippen molar-refractivity contribution in [1.29, 1.82) is 0 Å². The maximum atomic E-state index is 12.3. The number of benzene rings is 2. The lowest BCUT2D eigenvalue weighted by molar-refractivity contribution is -0.117. The number of anilines is 1. The molecule has 0 saturated heterocycles. The van der Waals surface area contributed by atoms with Gasteiger partial charge >= 0.3 is 19.0 Å². The summed E-state index contributed by atoms with van der Waals surface area (Å²) in [7, 11) is -1.55. The molecule has 2 aromatic rings. The second-order valence-electron chi connectivity index (χ2n) is 5.89. The first-order valence-corrected chi connectivity index (χ1v) is 7.97. The molecule has 1 aliphatic rings. The van der Waals surface area contributed by atoms with E-state index in [1.165, 1.54) is 18.2 Å². The molecule has 0 radical (unpaired) electrons. The summed E-state index contributed by atoms with van der Waals surface area (Å²) in [6, 6.07) is 9.96. The van der Waals surface area contributed by atoms with Crippen LogP contribution < -0.4 is 26.0 Å². The third kappa shape index (κ3) is 4.32. The van der Waals surface area contributed by atoms with Crippen molar-refractivity contribution in [2.24, 2.45) is 5.73 Å². The number of amides is 1. The Balaban J connectivity index is 1.63. The second-order valence-corrected chi connectivity index (χ2v) is 5.89. The minimum absolute atomic E-state index is 0.120. The van der Waals surface area contributed by atoms with Crippen molar-refractivity contribution in [3.63, 3.8) is 0 Å². The quantitative estimate of drug-likeness (QED) is 0.397. The lowest BCUT2D eigenvalue weighted by Crippen LogP contribution is -2.37. The molecular weight excluding hydrogens is 355 g/mol. The number of nitrogens with one attached hydrogen (secondary N) is 1. The molecule has 10 heteroatoms. The van der Waals surface area contributed by atoms with Gasteiger partial charge in [-0.05, 0) is 29.6 Å². The van der Waals surface area contributed by atoms with Crippen LogP contribution >= 0.6 is 0 Å². The molecule has 0 spiro atoms. The zero-order valence-electron chi connectivity index (χ0n) is 14.0. The van der Waals surface area contributed by atoms with Gasteiger partial charge in [-0.1, -0.05) is 24.3 Å². The summed E-state index contributed by atoms with van der Waals surface area (Å²) in [5.74, 6) is -1.67. The van der Waals surface area contributed by atoms with Gasteiger partial charge in [-0.15, -0.1) is 0 Å². The first kappa shape index (κ1) is 18.6. The fraction of sp³-hybridized carbons (Fsp3) is 0.118. The second kappa shape index (κ2) is 7.58. The largest absolute Gasteiger partial charge is 0.488 e. The van der Waals surface area contributed by atoms with E-state index in [-0.39, 0.29) is 17.9 Å². The van der Waals surface area contributed by atoms with Gasteiger partial charge in [-0.2, -0.15) is 0 Å². The van der Waals surface area contributed by atoms with Crippen LogP contribution in [-0.4, -0.2) is 39.3 Å². The standard InChI is InChI=1S/C17H17BN2O7/c19-12(7-9-1-3-10(4-2-9)18(24)25)15(21)20-11-5-6-13-14(8-11)27-17(23)16(22)26-13/h1-6,8,12,22-25H,7,19H2,(H,20,21)/t12-/m0/s1. The van der Waals surface area contributed by atoms with Gasteiger partial charge in [0.1, 0.15) is 0 Å². The minimum Gasteiger partial charge on any atom is -0.476 e. The van der Waals surface area contributed by atoms with Crippen molar-refractivity contribution in [3.8, 4) is 11.5 Å². The topological polar surface area (TPSA) is 154 Å². The minimum atomic E-state index is -1.55. The maximum Gasteiger partial charge on any atom is 0.488 e. The molecule has 1 amide bonds. The molecule has 0 fully saturated rings. The number of aliphatic hydroxyl groups is 2. The van der Waals surface area contributed by atoms with Gasteiger partial charge in [-0.25, -0.2) is 0 Å². The first-order chi connectivity index (χ1) is 12.8. The van der Waals surface area contributed by atoms with Crippen molar-refractivity contribution in [2.45, 2.75) is 12.5 Å². The van der Waals surface area contributed by atoms with Gasteiger partial charge < -0.3 is 40.8 Å². The summed E-state index contributed by atoms with van der Waals surface area (Å²) in [5.41, 5.74) is 7.40. The smallest absolute Gasteiger partial charge is 0.476 e. The van der Waals surface area contributed by atoms with Crippen LogP contribution in [0.5, 0.6) is 11.5 Å². The van der Waals surface area contributed by atoms with E-state index in [2.05, 4.69) is 5.32 Å². The highest BCUT2D eigenvalue weighted by atomic mass is 16.7. The van der Waals surface area contributed by atoms with Crippen LogP contribution in [0, 0.1) is 0 Å². The van der Waals surface area contributed by atoms with E-state index in [9.17, 15) is 15.0 Å². The average Bonchev–Trinajstić information content (AvgIpc) is 2.63. The van der Waals surface area contributed by atoms with Crippen LogP contribution in [0.1, 0.15) is 5.56 Å². The Bertz CT molecular complexity index is 883. The fourth-order valence-corrected chi connectivity index (χ4v) is 2.45. The highest BCUT2D eigenvalue weighted by molar-refractivity contribution is 6.58. The molecule has 140 valence electrons. The Hall–Kier alpha value is -3.21. The molecule has 0 bridgehead atoms.